The molecule has 0 atom stereocenters. The normalized spacial score (nSPS) is 16.1. The third-order valence-corrected chi connectivity index (χ3v) is 4.13. The minimum atomic E-state index is -0.124. The molecule has 1 fully saturated rings. The third-order valence-electron chi connectivity index (χ3n) is 4.13. The largest absolute Gasteiger partial charge is 0.395 e. The van der Waals surface area contributed by atoms with Crippen LogP contribution in [0.1, 0.15) is 61.7 Å². The number of nitrogens with zero attached hydrogens (tertiary/aromatic N) is 2. The molecule has 0 spiro atoms. The molecule has 0 saturated heterocycles. The molecule has 0 aromatic carbocycles. The van der Waals surface area contributed by atoms with E-state index >= 15 is 0 Å². The Morgan fingerprint density at radius 2 is 2.19 bits per heavy atom. The van der Waals surface area contributed by atoms with Crippen LogP contribution in [0.3, 0.4) is 0 Å². The van der Waals surface area contributed by atoms with E-state index in [1.165, 1.54) is 32.1 Å². The zero-order valence-electron chi connectivity index (χ0n) is 12.9. The zero-order valence-corrected chi connectivity index (χ0v) is 12.9. The number of amides is 1. The molecule has 1 amide bonds. The van der Waals surface area contributed by atoms with E-state index in [-0.39, 0.29) is 12.5 Å². The van der Waals surface area contributed by atoms with Gasteiger partial charge in [-0.1, -0.05) is 31.3 Å². The van der Waals surface area contributed by atoms with Crippen molar-refractivity contribution < 1.29 is 14.4 Å². The fourth-order valence-corrected chi connectivity index (χ4v) is 3.02. The molecular formula is C16H26N2O3. The third kappa shape index (κ3) is 4.56. The lowest BCUT2D eigenvalue weighted by molar-refractivity contribution is 0.0665. The van der Waals surface area contributed by atoms with Gasteiger partial charge in [0.2, 0.25) is 0 Å². The molecule has 1 N–H and O–H groups in total. The number of aliphatic hydroxyl groups excluding tert-OH is 1. The summed E-state index contributed by atoms with van der Waals surface area (Å²) in [6, 6.07) is 1.73. The summed E-state index contributed by atoms with van der Waals surface area (Å²) < 4.78 is 5.18. The van der Waals surface area contributed by atoms with E-state index in [1.54, 1.807) is 11.0 Å². The Morgan fingerprint density at radius 3 is 2.86 bits per heavy atom. The van der Waals surface area contributed by atoms with Crippen LogP contribution in [-0.2, 0) is 6.42 Å². The smallest absolute Gasteiger partial charge is 0.276 e. The van der Waals surface area contributed by atoms with Crippen LogP contribution >= 0.6 is 0 Å². The number of aryl methyl sites for hydroxylation is 1. The Bertz CT molecular complexity index is 438. The van der Waals surface area contributed by atoms with Crippen molar-refractivity contribution in [2.45, 2.75) is 51.9 Å². The number of rotatable bonds is 7. The molecule has 5 nitrogen and oxygen atoms in total. The first-order chi connectivity index (χ1) is 10.2. The second-order valence-corrected chi connectivity index (χ2v) is 5.91. The molecule has 1 aliphatic carbocycles. The number of aliphatic hydroxyl groups is 1. The van der Waals surface area contributed by atoms with Gasteiger partial charge in [-0.2, -0.15) is 0 Å². The van der Waals surface area contributed by atoms with Gasteiger partial charge < -0.3 is 14.5 Å². The lowest BCUT2D eigenvalue weighted by atomic mass is 9.89. The van der Waals surface area contributed by atoms with Crippen LogP contribution in [0.25, 0.3) is 0 Å². The van der Waals surface area contributed by atoms with Crippen molar-refractivity contribution in [3.05, 3.63) is 17.5 Å². The number of hydrogen-bond donors (Lipinski definition) is 1. The van der Waals surface area contributed by atoms with Crippen molar-refractivity contribution in [3.63, 3.8) is 0 Å². The van der Waals surface area contributed by atoms with Crippen molar-refractivity contribution in [3.8, 4) is 0 Å². The van der Waals surface area contributed by atoms with Gasteiger partial charge >= 0.3 is 0 Å². The van der Waals surface area contributed by atoms with E-state index in [0.29, 0.717) is 18.2 Å². The summed E-state index contributed by atoms with van der Waals surface area (Å²) >= 11 is 0. The summed E-state index contributed by atoms with van der Waals surface area (Å²) in [6.45, 7) is 3.13. The van der Waals surface area contributed by atoms with Gasteiger partial charge in [0.15, 0.2) is 5.69 Å². The van der Waals surface area contributed by atoms with Crippen molar-refractivity contribution in [2.24, 2.45) is 5.92 Å². The summed E-state index contributed by atoms with van der Waals surface area (Å²) in [4.78, 5) is 14.2. The lowest BCUT2D eigenvalue weighted by Gasteiger charge is -2.28. The van der Waals surface area contributed by atoms with E-state index in [9.17, 15) is 9.90 Å². The average molecular weight is 294 g/mol. The first-order valence-electron chi connectivity index (χ1n) is 8.10. The highest BCUT2D eigenvalue weighted by atomic mass is 16.5. The molecule has 0 bridgehead atoms. The molecule has 118 valence electrons. The summed E-state index contributed by atoms with van der Waals surface area (Å²) in [6.07, 6.45) is 7.90. The Morgan fingerprint density at radius 1 is 1.43 bits per heavy atom. The maximum absolute atomic E-state index is 12.5. The van der Waals surface area contributed by atoms with Gasteiger partial charge in [-0.05, 0) is 25.2 Å². The number of hydrogen-bond acceptors (Lipinski definition) is 4. The monoisotopic (exact) mass is 294 g/mol. The number of carbonyl (C=O) groups is 1. The first kappa shape index (κ1) is 16.0. The van der Waals surface area contributed by atoms with Crippen LogP contribution < -0.4 is 0 Å². The number of carbonyl (C=O) groups excluding carboxylic acids is 1. The van der Waals surface area contributed by atoms with Crippen molar-refractivity contribution >= 4 is 5.91 Å². The van der Waals surface area contributed by atoms with E-state index < -0.39 is 0 Å². The van der Waals surface area contributed by atoms with Gasteiger partial charge in [-0.3, -0.25) is 4.79 Å². The maximum atomic E-state index is 12.5. The predicted octanol–water partition coefficient (Wildman–Crippen LogP) is 2.64. The molecule has 1 saturated carbocycles. The van der Waals surface area contributed by atoms with Gasteiger partial charge in [-0.15, -0.1) is 0 Å². The first-order valence-corrected chi connectivity index (χ1v) is 8.10. The molecule has 1 heterocycles. The quantitative estimate of drug-likeness (QED) is 0.839. The highest BCUT2D eigenvalue weighted by Crippen LogP contribution is 2.25. The second kappa shape index (κ2) is 8.17. The summed E-state index contributed by atoms with van der Waals surface area (Å²) in [5.41, 5.74) is 0.364. The Hall–Kier alpha value is -1.36. The molecule has 1 aromatic rings. The molecule has 21 heavy (non-hydrogen) atoms. The van der Waals surface area contributed by atoms with E-state index in [0.717, 1.165) is 25.1 Å². The summed E-state index contributed by atoms with van der Waals surface area (Å²) in [5, 5.41) is 13.1. The maximum Gasteiger partial charge on any atom is 0.276 e. The van der Waals surface area contributed by atoms with Gasteiger partial charge in [0.1, 0.15) is 5.76 Å². The summed E-state index contributed by atoms with van der Waals surface area (Å²) in [7, 11) is 0. The van der Waals surface area contributed by atoms with E-state index in [1.807, 2.05) is 0 Å². The van der Waals surface area contributed by atoms with Gasteiger partial charge in [-0.25, -0.2) is 0 Å². The second-order valence-electron chi connectivity index (χ2n) is 5.91. The number of aromatic nitrogens is 1. The van der Waals surface area contributed by atoms with Gasteiger partial charge in [0.05, 0.1) is 6.61 Å². The highest BCUT2D eigenvalue weighted by molar-refractivity contribution is 5.92. The molecule has 0 aliphatic heterocycles. The van der Waals surface area contributed by atoms with E-state index in [2.05, 4.69) is 12.1 Å². The van der Waals surface area contributed by atoms with Crippen LogP contribution in [-0.4, -0.2) is 40.8 Å². The molecule has 1 aromatic heterocycles. The Labute approximate surface area is 126 Å². The predicted molar refractivity (Wildman–Crippen MR) is 80.1 cm³/mol. The molecule has 0 unspecified atom stereocenters. The van der Waals surface area contributed by atoms with Crippen LogP contribution in [0.5, 0.6) is 0 Å². The van der Waals surface area contributed by atoms with Crippen molar-refractivity contribution in [1.29, 1.82) is 0 Å². The van der Waals surface area contributed by atoms with Gasteiger partial charge in [0.25, 0.3) is 5.91 Å². The Kier molecular flexibility index (Phi) is 6.23. The van der Waals surface area contributed by atoms with Gasteiger partial charge in [0, 0.05) is 25.6 Å². The molecule has 5 heteroatoms. The lowest BCUT2D eigenvalue weighted by Crippen LogP contribution is -2.38. The average Bonchev–Trinajstić information content (AvgIpc) is 2.96. The van der Waals surface area contributed by atoms with E-state index in [4.69, 9.17) is 4.52 Å². The Balaban J connectivity index is 1.99. The SMILES string of the molecule is CCCc1cc(C(=O)N(CCO)CC2CCCCC2)no1. The topological polar surface area (TPSA) is 66.6 Å². The van der Waals surface area contributed by atoms with Crippen LogP contribution in [0, 0.1) is 5.92 Å². The standard InChI is InChI=1S/C16H26N2O3/c1-2-6-14-11-15(17-21-14)16(20)18(9-10-19)12-13-7-4-3-5-8-13/h11,13,19H,2-10,12H2,1H3. The fourth-order valence-electron chi connectivity index (χ4n) is 3.02. The zero-order chi connectivity index (χ0) is 15.1. The van der Waals surface area contributed by atoms with Crippen LogP contribution in [0.15, 0.2) is 10.6 Å². The molecular weight excluding hydrogens is 268 g/mol. The summed E-state index contributed by atoms with van der Waals surface area (Å²) in [5.74, 6) is 1.18. The fraction of sp³-hybridized carbons (Fsp3) is 0.750. The molecule has 0 radical (unpaired) electrons. The molecule has 2 rings (SSSR count). The van der Waals surface area contributed by atoms with Crippen molar-refractivity contribution in [1.82, 2.24) is 10.1 Å². The minimum absolute atomic E-state index is 0.0157. The highest BCUT2D eigenvalue weighted by Gasteiger charge is 2.23. The van der Waals surface area contributed by atoms with Crippen LogP contribution in [0.2, 0.25) is 0 Å². The van der Waals surface area contributed by atoms with Crippen molar-refractivity contribution in [2.75, 3.05) is 19.7 Å². The minimum Gasteiger partial charge on any atom is -0.395 e. The van der Waals surface area contributed by atoms with Crippen LogP contribution in [0.4, 0.5) is 0 Å². The molecule has 1 aliphatic rings.